The van der Waals surface area contributed by atoms with Crippen molar-refractivity contribution in [3.63, 3.8) is 0 Å². The average molecular weight is 629 g/mol. The van der Waals surface area contributed by atoms with E-state index in [0.717, 1.165) is 22.2 Å². The Labute approximate surface area is 276 Å². The summed E-state index contributed by atoms with van der Waals surface area (Å²) in [6.07, 6.45) is 1.73. The molecule has 5 aromatic rings. The third-order valence-electron chi connectivity index (χ3n) is 8.39. The van der Waals surface area contributed by atoms with E-state index < -0.39 is 11.9 Å². The van der Waals surface area contributed by atoms with Crippen LogP contribution in [0.15, 0.2) is 108 Å². The van der Waals surface area contributed by atoms with Gasteiger partial charge in [-0.15, -0.1) is 0 Å². The van der Waals surface area contributed by atoms with Crippen LogP contribution in [0.1, 0.15) is 79.7 Å². The summed E-state index contributed by atoms with van der Waals surface area (Å²) < 4.78 is 1.91. The van der Waals surface area contributed by atoms with Crippen molar-refractivity contribution in [1.29, 1.82) is 0 Å². The van der Waals surface area contributed by atoms with Gasteiger partial charge in [0.05, 0.1) is 22.9 Å². The maximum absolute atomic E-state index is 13.8. The molecule has 2 amide bonds. The molecule has 1 heterocycles. The highest BCUT2D eigenvalue weighted by atomic mass is 16.2. The minimum Gasteiger partial charge on any atom is -0.388 e. The minimum atomic E-state index is -0.668. The number of amides is 2. The fraction of sp³-hybridized carbons (Fsp3) is 0.282. The molecule has 2 unspecified atom stereocenters. The molecule has 0 fully saturated rings. The first-order valence-corrected chi connectivity index (χ1v) is 16.1. The molecule has 47 heavy (non-hydrogen) atoms. The SMILES string of the molecule is CC(N)=NCCCC(C(N)=O)n1c(-c2ccc(C(C)(C)C)cc2)nc2cc(C(=O)NC(Cc3ccccc3)c3ccccc3)ccc21. The summed E-state index contributed by atoms with van der Waals surface area (Å²) >= 11 is 0. The van der Waals surface area contributed by atoms with Crippen LogP contribution < -0.4 is 16.8 Å². The first-order chi connectivity index (χ1) is 22.5. The van der Waals surface area contributed by atoms with Crippen LogP contribution in [0.4, 0.5) is 0 Å². The average Bonchev–Trinajstić information content (AvgIpc) is 3.43. The van der Waals surface area contributed by atoms with Crippen molar-refractivity contribution >= 4 is 28.7 Å². The standard InChI is InChI=1S/C39H44N6O2/c1-26(40)42-23-11-16-35(36(41)46)45-34-22-19-30(25-33(34)43-37(45)29-17-20-31(21-18-29)39(2,3)4)38(47)44-32(28-14-9-6-10-15-28)24-27-12-7-5-8-13-27/h5-10,12-15,17-22,25,32,35H,11,16,23-24H2,1-4H3,(H2,40,42)(H2,41,46)(H,44,47). The molecule has 0 bridgehead atoms. The molecule has 1 aromatic heterocycles. The smallest absolute Gasteiger partial charge is 0.251 e. The Bertz CT molecular complexity index is 1850. The number of imidazole rings is 1. The number of hydrogen-bond donors (Lipinski definition) is 3. The quantitative estimate of drug-likeness (QED) is 0.0789. The lowest BCUT2D eigenvalue weighted by atomic mass is 9.86. The van der Waals surface area contributed by atoms with E-state index in [9.17, 15) is 9.59 Å². The second kappa shape index (κ2) is 14.5. The predicted molar refractivity (Wildman–Crippen MR) is 190 cm³/mol. The molecule has 5 N–H and O–H groups in total. The number of benzene rings is 4. The predicted octanol–water partition coefficient (Wildman–Crippen LogP) is 6.90. The van der Waals surface area contributed by atoms with Crippen LogP contribution >= 0.6 is 0 Å². The maximum Gasteiger partial charge on any atom is 0.251 e. The normalized spacial score (nSPS) is 13.3. The molecule has 8 heteroatoms. The number of nitrogens with one attached hydrogen (secondary N) is 1. The van der Waals surface area contributed by atoms with Crippen molar-refractivity contribution in [2.45, 2.75) is 64.5 Å². The Morgan fingerprint density at radius 3 is 2.17 bits per heavy atom. The van der Waals surface area contributed by atoms with Crippen molar-refractivity contribution in [1.82, 2.24) is 14.9 Å². The van der Waals surface area contributed by atoms with Crippen LogP contribution in [0.3, 0.4) is 0 Å². The highest BCUT2D eigenvalue weighted by Crippen LogP contribution is 2.33. The number of hydrogen-bond acceptors (Lipinski definition) is 4. The highest BCUT2D eigenvalue weighted by molar-refractivity contribution is 5.98. The molecule has 242 valence electrons. The Balaban J connectivity index is 1.53. The maximum atomic E-state index is 13.8. The van der Waals surface area contributed by atoms with E-state index in [0.29, 0.717) is 48.5 Å². The van der Waals surface area contributed by atoms with Gasteiger partial charge in [0.1, 0.15) is 11.9 Å². The zero-order valence-corrected chi connectivity index (χ0v) is 27.6. The van der Waals surface area contributed by atoms with Crippen LogP contribution in [0, 0.1) is 0 Å². The highest BCUT2D eigenvalue weighted by Gasteiger charge is 2.26. The number of nitrogens with two attached hydrogens (primary N) is 2. The lowest BCUT2D eigenvalue weighted by molar-refractivity contribution is -0.121. The van der Waals surface area contributed by atoms with Crippen molar-refractivity contribution in [3.05, 3.63) is 125 Å². The van der Waals surface area contributed by atoms with E-state index in [1.807, 2.05) is 71.3 Å². The number of aromatic nitrogens is 2. The second-order valence-electron chi connectivity index (χ2n) is 13.0. The van der Waals surface area contributed by atoms with Crippen molar-refractivity contribution < 1.29 is 9.59 Å². The summed E-state index contributed by atoms with van der Waals surface area (Å²) in [7, 11) is 0. The molecule has 0 aliphatic rings. The van der Waals surface area contributed by atoms with Gasteiger partial charge >= 0.3 is 0 Å². The summed E-state index contributed by atoms with van der Waals surface area (Å²) in [4.78, 5) is 36.1. The van der Waals surface area contributed by atoms with Gasteiger partial charge in [-0.2, -0.15) is 0 Å². The first-order valence-electron chi connectivity index (χ1n) is 16.1. The van der Waals surface area contributed by atoms with Crippen molar-refractivity contribution in [3.8, 4) is 11.4 Å². The van der Waals surface area contributed by atoms with Crippen molar-refractivity contribution in [2.75, 3.05) is 6.54 Å². The number of carbonyl (C=O) groups excluding carboxylic acids is 2. The molecule has 0 aliphatic heterocycles. The lowest BCUT2D eigenvalue weighted by Crippen LogP contribution is -2.30. The second-order valence-corrected chi connectivity index (χ2v) is 13.0. The zero-order valence-electron chi connectivity index (χ0n) is 27.6. The molecule has 4 aromatic carbocycles. The van der Waals surface area contributed by atoms with Crippen LogP contribution in [-0.4, -0.2) is 33.7 Å². The summed E-state index contributed by atoms with van der Waals surface area (Å²) in [6.45, 7) is 8.73. The van der Waals surface area contributed by atoms with E-state index in [1.165, 1.54) is 5.56 Å². The largest absolute Gasteiger partial charge is 0.388 e. The van der Waals surface area contributed by atoms with Gasteiger partial charge in [-0.25, -0.2) is 4.98 Å². The summed E-state index contributed by atoms with van der Waals surface area (Å²) in [5.74, 6) is 0.450. The monoisotopic (exact) mass is 628 g/mol. The van der Waals surface area contributed by atoms with Gasteiger partial charge in [0, 0.05) is 17.7 Å². The third-order valence-corrected chi connectivity index (χ3v) is 8.39. The number of rotatable bonds is 12. The molecule has 8 nitrogen and oxygen atoms in total. The summed E-state index contributed by atoms with van der Waals surface area (Å²) in [6, 6.07) is 32.9. The number of aliphatic imine (C=N–C) groups is 1. The van der Waals surface area contributed by atoms with Crippen molar-refractivity contribution in [2.24, 2.45) is 16.5 Å². The topological polar surface area (TPSA) is 128 Å². The Kier molecular flexibility index (Phi) is 10.2. The number of fused-ring (bicyclic) bond motifs is 1. The fourth-order valence-corrected chi connectivity index (χ4v) is 5.85. The number of primary amides is 1. The Morgan fingerprint density at radius 1 is 0.894 bits per heavy atom. The molecule has 0 aliphatic carbocycles. The zero-order chi connectivity index (χ0) is 33.6. The summed E-state index contributed by atoms with van der Waals surface area (Å²) in [5.41, 5.74) is 17.7. The van der Waals surface area contributed by atoms with Gasteiger partial charge in [-0.1, -0.05) is 106 Å². The van der Waals surface area contributed by atoms with E-state index in [1.54, 1.807) is 19.1 Å². The molecule has 2 atom stereocenters. The van der Waals surface area contributed by atoms with Gasteiger partial charge in [-0.3, -0.25) is 14.6 Å². The molecule has 5 rings (SSSR count). The Hall–Kier alpha value is -5.24. The van der Waals surface area contributed by atoms with Gasteiger partial charge in [0.15, 0.2) is 0 Å². The van der Waals surface area contributed by atoms with E-state index in [-0.39, 0.29) is 17.4 Å². The van der Waals surface area contributed by atoms with E-state index >= 15 is 0 Å². The van der Waals surface area contributed by atoms with Crippen LogP contribution in [0.2, 0.25) is 0 Å². The van der Waals surface area contributed by atoms with Crippen LogP contribution in [0.5, 0.6) is 0 Å². The van der Waals surface area contributed by atoms with Gasteiger partial charge < -0.3 is 21.4 Å². The summed E-state index contributed by atoms with van der Waals surface area (Å²) in [5, 5.41) is 3.25. The number of amidine groups is 1. The van der Waals surface area contributed by atoms with Crippen LogP contribution in [0.25, 0.3) is 22.4 Å². The lowest BCUT2D eigenvalue weighted by Gasteiger charge is -2.21. The first kappa shape index (κ1) is 33.1. The van der Waals surface area contributed by atoms with Gasteiger partial charge in [0.25, 0.3) is 5.91 Å². The van der Waals surface area contributed by atoms with Gasteiger partial charge in [-0.05, 0) is 66.5 Å². The molecule has 0 saturated carbocycles. The minimum absolute atomic E-state index is 0.0174. The van der Waals surface area contributed by atoms with Crippen LogP contribution in [-0.2, 0) is 16.6 Å². The molecule has 0 spiro atoms. The van der Waals surface area contributed by atoms with E-state index in [4.69, 9.17) is 16.5 Å². The third kappa shape index (κ3) is 8.14. The number of carbonyl (C=O) groups is 2. The molecular weight excluding hydrogens is 584 g/mol. The van der Waals surface area contributed by atoms with E-state index in [2.05, 4.69) is 55.3 Å². The number of nitrogens with zero attached hydrogens (tertiary/aromatic N) is 3. The van der Waals surface area contributed by atoms with Gasteiger partial charge in [0.2, 0.25) is 5.91 Å². The molecular formula is C39H44N6O2. The Morgan fingerprint density at radius 2 is 1.55 bits per heavy atom. The molecule has 0 saturated heterocycles. The fourth-order valence-electron chi connectivity index (χ4n) is 5.85. The molecule has 0 radical (unpaired) electrons.